The molecule has 3 rings (SSSR count). The molecule has 0 fully saturated rings. The van der Waals surface area contributed by atoms with Crippen LogP contribution in [-0.4, -0.2) is 24.1 Å². The van der Waals surface area contributed by atoms with E-state index in [1.165, 1.54) is 7.11 Å². The third-order valence-electron chi connectivity index (χ3n) is 4.40. The van der Waals surface area contributed by atoms with E-state index in [4.69, 9.17) is 9.26 Å². The largest absolute Gasteiger partial charge is 0.465 e. The summed E-state index contributed by atoms with van der Waals surface area (Å²) in [6.07, 6.45) is 0. The van der Waals surface area contributed by atoms with Crippen LogP contribution in [-0.2, 0) is 4.74 Å². The number of carbonyl (C=O) groups is 2. The number of aromatic nitrogens is 1. The average Bonchev–Trinajstić information content (AvgIpc) is 3.14. The lowest BCUT2D eigenvalue weighted by Gasteiger charge is -2.07. The lowest BCUT2D eigenvalue weighted by Crippen LogP contribution is -2.14. The number of carbonyl (C=O) groups excluding carboxylic acids is 2. The normalized spacial score (nSPS) is 10.3. The Morgan fingerprint density at radius 1 is 1.07 bits per heavy atom. The number of rotatable bonds is 4. The Balaban J connectivity index is 1.80. The van der Waals surface area contributed by atoms with Gasteiger partial charge in [-0.25, -0.2) is 4.79 Å². The molecule has 0 radical (unpaired) electrons. The van der Waals surface area contributed by atoms with Crippen LogP contribution in [0.25, 0.3) is 0 Å². The highest BCUT2D eigenvalue weighted by Crippen LogP contribution is 2.23. The molecule has 0 unspecified atom stereocenters. The van der Waals surface area contributed by atoms with Gasteiger partial charge in [0.25, 0.3) is 5.91 Å². The smallest absolute Gasteiger partial charge is 0.337 e. The van der Waals surface area contributed by atoms with Gasteiger partial charge in [-0.15, -0.1) is 0 Å². The molecule has 152 valence electrons. The Bertz CT molecular complexity index is 1150. The van der Waals surface area contributed by atoms with Crippen LogP contribution in [0.4, 0.5) is 5.69 Å². The third-order valence-corrected chi connectivity index (χ3v) is 4.40. The van der Waals surface area contributed by atoms with E-state index in [0.29, 0.717) is 33.8 Å². The van der Waals surface area contributed by atoms with Crippen molar-refractivity contribution in [3.63, 3.8) is 0 Å². The minimum Gasteiger partial charge on any atom is -0.465 e. The quantitative estimate of drug-likeness (QED) is 0.512. The van der Waals surface area contributed by atoms with Gasteiger partial charge < -0.3 is 14.6 Å². The van der Waals surface area contributed by atoms with Crippen molar-refractivity contribution in [3.8, 4) is 11.8 Å². The second-order valence-electron chi connectivity index (χ2n) is 7.02. The van der Waals surface area contributed by atoms with Crippen LogP contribution in [0.2, 0.25) is 0 Å². The highest BCUT2D eigenvalue weighted by molar-refractivity contribution is 6.05. The highest BCUT2D eigenvalue weighted by Gasteiger charge is 2.22. The van der Waals surface area contributed by atoms with E-state index in [9.17, 15) is 9.59 Å². The van der Waals surface area contributed by atoms with Crippen LogP contribution in [0, 0.1) is 18.8 Å². The van der Waals surface area contributed by atoms with Crippen molar-refractivity contribution in [1.82, 2.24) is 5.16 Å². The topological polar surface area (TPSA) is 81.4 Å². The van der Waals surface area contributed by atoms with Crippen molar-refractivity contribution in [2.75, 3.05) is 12.4 Å². The molecule has 0 atom stereocenters. The number of hydrogen-bond donors (Lipinski definition) is 1. The van der Waals surface area contributed by atoms with Gasteiger partial charge in [-0.3, -0.25) is 4.79 Å². The molecule has 0 aliphatic heterocycles. The number of aryl methyl sites for hydroxylation is 1. The summed E-state index contributed by atoms with van der Waals surface area (Å²) in [5, 5.41) is 6.80. The van der Waals surface area contributed by atoms with Crippen molar-refractivity contribution >= 4 is 17.6 Å². The number of benzene rings is 2. The summed E-state index contributed by atoms with van der Waals surface area (Å²) in [5.41, 5.74) is 3.48. The number of nitrogens with zero attached hydrogens (tertiary/aromatic N) is 1. The zero-order valence-electron chi connectivity index (χ0n) is 17.3. The lowest BCUT2D eigenvalue weighted by molar-refractivity contribution is 0.0600. The molecule has 0 bridgehead atoms. The van der Waals surface area contributed by atoms with Crippen LogP contribution in [0.3, 0.4) is 0 Å². The van der Waals surface area contributed by atoms with E-state index in [2.05, 4.69) is 22.3 Å². The molecule has 1 aromatic heterocycles. The van der Waals surface area contributed by atoms with Crippen LogP contribution < -0.4 is 5.32 Å². The van der Waals surface area contributed by atoms with Crippen molar-refractivity contribution < 1.29 is 18.8 Å². The summed E-state index contributed by atoms with van der Waals surface area (Å²) in [6.45, 7) is 5.64. The highest BCUT2D eigenvalue weighted by atomic mass is 16.5. The monoisotopic (exact) mass is 402 g/mol. The molecule has 0 saturated carbocycles. The van der Waals surface area contributed by atoms with Crippen LogP contribution >= 0.6 is 0 Å². The molecule has 0 spiro atoms. The van der Waals surface area contributed by atoms with E-state index in [1.54, 1.807) is 37.3 Å². The Morgan fingerprint density at radius 2 is 1.73 bits per heavy atom. The first kappa shape index (κ1) is 20.9. The molecule has 0 saturated heterocycles. The summed E-state index contributed by atoms with van der Waals surface area (Å²) in [4.78, 5) is 24.4. The summed E-state index contributed by atoms with van der Waals surface area (Å²) < 4.78 is 10.0. The fourth-order valence-corrected chi connectivity index (χ4v) is 2.91. The first-order chi connectivity index (χ1) is 14.4. The molecule has 30 heavy (non-hydrogen) atoms. The first-order valence-corrected chi connectivity index (χ1v) is 9.47. The number of methoxy groups -OCH3 is 1. The molecule has 0 aliphatic rings. The van der Waals surface area contributed by atoms with E-state index >= 15 is 0 Å². The molecule has 6 nitrogen and oxygen atoms in total. The van der Waals surface area contributed by atoms with Crippen molar-refractivity contribution in [2.24, 2.45) is 0 Å². The maximum atomic E-state index is 12.8. The van der Waals surface area contributed by atoms with Crippen molar-refractivity contribution in [1.29, 1.82) is 0 Å². The molecule has 2 aromatic carbocycles. The minimum atomic E-state index is -0.409. The summed E-state index contributed by atoms with van der Waals surface area (Å²) in [6, 6.07) is 14.1. The van der Waals surface area contributed by atoms with E-state index in [1.807, 2.05) is 32.0 Å². The van der Waals surface area contributed by atoms with E-state index < -0.39 is 5.97 Å². The molecule has 1 N–H and O–H groups in total. The zero-order valence-corrected chi connectivity index (χ0v) is 17.3. The van der Waals surface area contributed by atoms with Gasteiger partial charge in [0.1, 0.15) is 5.56 Å². The number of ether oxygens (including phenoxy) is 1. The second-order valence-corrected chi connectivity index (χ2v) is 7.02. The number of nitrogens with one attached hydrogen (secondary N) is 1. The molecular weight excluding hydrogens is 380 g/mol. The van der Waals surface area contributed by atoms with Gasteiger partial charge in [-0.2, -0.15) is 0 Å². The van der Waals surface area contributed by atoms with Gasteiger partial charge >= 0.3 is 5.97 Å². The molecule has 0 aliphatic carbocycles. The van der Waals surface area contributed by atoms with Gasteiger partial charge in [0.15, 0.2) is 5.76 Å². The first-order valence-electron chi connectivity index (χ1n) is 9.47. The third kappa shape index (κ3) is 4.76. The predicted molar refractivity (Wildman–Crippen MR) is 113 cm³/mol. The Morgan fingerprint density at radius 3 is 2.40 bits per heavy atom. The van der Waals surface area contributed by atoms with E-state index in [-0.39, 0.29) is 11.8 Å². The Kier molecular flexibility index (Phi) is 6.33. The van der Waals surface area contributed by atoms with Crippen LogP contribution in [0.15, 0.2) is 53.1 Å². The number of hydrogen-bond acceptors (Lipinski definition) is 5. The van der Waals surface area contributed by atoms with Crippen LogP contribution in [0.1, 0.15) is 63.1 Å². The van der Waals surface area contributed by atoms with Crippen LogP contribution in [0.5, 0.6) is 0 Å². The Hall–Kier alpha value is -3.85. The fourth-order valence-electron chi connectivity index (χ4n) is 2.91. The lowest BCUT2D eigenvalue weighted by atomic mass is 10.0. The Labute approximate surface area is 175 Å². The van der Waals surface area contributed by atoms with Gasteiger partial charge in [0.05, 0.1) is 18.4 Å². The molecule has 6 heteroatoms. The summed E-state index contributed by atoms with van der Waals surface area (Å²) in [7, 11) is 1.34. The van der Waals surface area contributed by atoms with Gasteiger partial charge in [-0.1, -0.05) is 43.0 Å². The molecule has 1 heterocycles. The van der Waals surface area contributed by atoms with Gasteiger partial charge in [-0.05, 0) is 43.3 Å². The molecule has 3 aromatic rings. The predicted octanol–water partition coefficient (Wildman–Crippen LogP) is 4.55. The molecule has 1 amide bonds. The number of amides is 1. The second kappa shape index (κ2) is 9.10. The standard InChI is InChI=1S/C24H22N2O4/c1-15(2)22-21(16(3)26-30-22)23(27)25-20-10-6-8-18(14-20)12-11-17-7-5-9-19(13-17)24(28)29-4/h5-10,13-15H,1-4H3,(H,25,27). The summed E-state index contributed by atoms with van der Waals surface area (Å²) in [5.74, 6) is 6.00. The summed E-state index contributed by atoms with van der Waals surface area (Å²) >= 11 is 0. The maximum Gasteiger partial charge on any atom is 0.337 e. The SMILES string of the molecule is COC(=O)c1cccc(C#Cc2cccc(NC(=O)c3c(C)noc3C(C)C)c2)c1. The maximum absolute atomic E-state index is 12.8. The van der Waals surface area contributed by atoms with Crippen molar-refractivity contribution in [2.45, 2.75) is 26.7 Å². The fraction of sp³-hybridized carbons (Fsp3) is 0.208. The van der Waals surface area contributed by atoms with Crippen molar-refractivity contribution in [3.05, 3.63) is 82.2 Å². The minimum absolute atomic E-state index is 0.0462. The van der Waals surface area contributed by atoms with E-state index in [0.717, 1.165) is 5.56 Å². The average molecular weight is 402 g/mol. The zero-order chi connectivity index (χ0) is 21.7. The number of esters is 1. The van der Waals surface area contributed by atoms with Gasteiger partial charge in [0.2, 0.25) is 0 Å². The molecular formula is C24H22N2O4. The van der Waals surface area contributed by atoms with Gasteiger partial charge in [0, 0.05) is 22.7 Å². The number of anilines is 1.